The van der Waals surface area contributed by atoms with E-state index >= 15 is 0 Å². The molecule has 0 amide bonds. The van der Waals surface area contributed by atoms with E-state index in [0.29, 0.717) is 6.07 Å². The van der Waals surface area contributed by atoms with Crippen LogP contribution < -0.4 is 9.83 Å². The molecule has 0 unspecified atom stereocenters. The molecule has 0 aromatic heterocycles. The molecule has 2 aromatic carbocycles. The molecule has 0 saturated carbocycles. The van der Waals surface area contributed by atoms with Crippen LogP contribution in [0.3, 0.4) is 0 Å². The normalized spacial score (nSPS) is 12.0. The van der Waals surface area contributed by atoms with Crippen LogP contribution in [0.25, 0.3) is 0 Å². The van der Waals surface area contributed by atoms with Gasteiger partial charge in [-0.3, -0.25) is 4.72 Å². The minimum absolute atomic E-state index is 0.211. The standard InChI is InChI=1S/C15H11ClF3NO4S/c1-8-2-3-9(14(21)22)6-13(8)25(23,24)20-10-4-5-12(16)11(7-10)15(17,18)19/h2-7,20H,1H3,(H,21,22)/p-1. The summed E-state index contributed by atoms with van der Waals surface area (Å²) >= 11 is 5.48. The molecule has 1 N–H and O–H groups in total. The van der Waals surface area contributed by atoms with E-state index < -0.39 is 37.7 Å². The second-order valence-electron chi connectivity index (χ2n) is 5.07. The molecule has 2 aromatic rings. The van der Waals surface area contributed by atoms with E-state index in [1.165, 1.54) is 13.0 Å². The molecule has 2 rings (SSSR count). The third-order valence-corrected chi connectivity index (χ3v) is 5.09. The molecule has 0 radical (unpaired) electrons. The van der Waals surface area contributed by atoms with Crippen molar-refractivity contribution in [2.45, 2.75) is 18.0 Å². The molecular formula is C15H10ClF3NO4S-. The number of aromatic carboxylic acids is 1. The van der Waals surface area contributed by atoms with E-state index in [1.807, 2.05) is 4.72 Å². The zero-order chi connectivity index (χ0) is 19.0. The van der Waals surface area contributed by atoms with Crippen LogP contribution in [0.4, 0.5) is 18.9 Å². The predicted octanol–water partition coefficient (Wildman–Crippen LogP) is 2.83. The number of carboxylic acid groups (broad SMARTS) is 1. The Balaban J connectivity index is 2.47. The van der Waals surface area contributed by atoms with Gasteiger partial charge >= 0.3 is 6.18 Å². The van der Waals surface area contributed by atoms with Gasteiger partial charge in [0, 0.05) is 5.69 Å². The molecule has 0 atom stereocenters. The van der Waals surface area contributed by atoms with Crippen LogP contribution >= 0.6 is 11.6 Å². The van der Waals surface area contributed by atoms with Gasteiger partial charge < -0.3 is 9.90 Å². The van der Waals surface area contributed by atoms with E-state index in [0.717, 1.165) is 24.3 Å². The van der Waals surface area contributed by atoms with Gasteiger partial charge in [-0.05, 0) is 42.3 Å². The van der Waals surface area contributed by atoms with E-state index in [2.05, 4.69) is 0 Å². The van der Waals surface area contributed by atoms with Gasteiger partial charge in [-0.15, -0.1) is 0 Å². The number of hydrogen-bond donors (Lipinski definition) is 1. The van der Waals surface area contributed by atoms with Crippen LogP contribution in [-0.2, 0) is 16.2 Å². The zero-order valence-corrected chi connectivity index (χ0v) is 14.1. The Bertz CT molecular complexity index is 942. The van der Waals surface area contributed by atoms with Gasteiger partial charge in [-0.25, -0.2) is 8.42 Å². The van der Waals surface area contributed by atoms with Gasteiger partial charge in [-0.2, -0.15) is 13.2 Å². The summed E-state index contributed by atoms with van der Waals surface area (Å²) in [4.78, 5) is 10.5. The van der Waals surface area contributed by atoms with Gasteiger partial charge in [0.25, 0.3) is 10.0 Å². The molecule has 5 nitrogen and oxygen atoms in total. The van der Waals surface area contributed by atoms with Crippen molar-refractivity contribution in [1.82, 2.24) is 0 Å². The number of anilines is 1. The number of halogens is 4. The Hall–Kier alpha value is -2.26. The summed E-state index contributed by atoms with van der Waals surface area (Å²) in [6.07, 6.45) is -4.76. The quantitative estimate of drug-likeness (QED) is 0.866. The van der Waals surface area contributed by atoms with E-state index in [4.69, 9.17) is 11.6 Å². The topological polar surface area (TPSA) is 86.3 Å². The van der Waals surface area contributed by atoms with E-state index in [9.17, 15) is 31.5 Å². The highest BCUT2D eigenvalue weighted by Crippen LogP contribution is 2.36. The fourth-order valence-electron chi connectivity index (χ4n) is 2.03. The highest BCUT2D eigenvalue weighted by atomic mass is 35.5. The Morgan fingerprint density at radius 3 is 2.36 bits per heavy atom. The molecule has 0 fully saturated rings. The Morgan fingerprint density at radius 1 is 1.16 bits per heavy atom. The molecule has 0 heterocycles. The summed E-state index contributed by atoms with van der Waals surface area (Å²) in [7, 11) is -4.33. The summed E-state index contributed by atoms with van der Waals surface area (Å²) in [6, 6.07) is 5.81. The maximum absolute atomic E-state index is 12.9. The number of sulfonamides is 1. The molecule has 0 aliphatic heterocycles. The maximum atomic E-state index is 12.9. The monoisotopic (exact) mass is 392 g/mol. The number of alkyl halides is 3. The lowest BCUT2D eigenvalue weighted by Gasteiger charge is -2.14. The number of benzene rings is 2. The minimum atomic E-state index is -4.76. The molecule has 25 heavy (non-hydrogen) atoms. The third-order valence-electron chi connectivity index (χ3n) is 3.24. The lowest BCUT2D eigenvalue weighted by molar-refractivity contribution is -0.255. The molecule has 10 heteroatoms. The third kappa shape index (κ3) is 4.23. The number of nitrogens with one attached hydrogen (secondary N) is 1. The molecular weight excluding hydrogens is 383 g/mol. The largest absolute Gasteiger partial charge is 0.545 e. The summed E-state index contributed by atoms with van der Waals surface area (Å²) in [5.74, 6) is -1.58. The number of carbonyl (C=O) groups is 1. The van der Waals surface area contributed by atoms with Crippen molar-refractivity contribution in [2.24, 2.45) is 0 Å². The summed E-state index contributed by atoms with van der Waals surface area (Å²) < 4.78 is 65.4. The minimum Gasteiger partial charge on any atom is -0.545 e. The fraction of sp³-hybridized carbons (Fsp3) is 0.133. The first-order valence-corrected chi connectivity index (χ1v) is 8.49. The average Bonchev–Trinajstić information content (AvgIpc) is 2.47. The number of rotatable bonds is 4. The van der Waals surface area contributed by atoms with Crippen molar-refractivity contribution >= 4 is 33.3 Å². The molecule has 134 valence electrons. The van der Waals surface area contributed by atoms with Crippen LogP contribution in [0, 0.1) is 6.92 Å². The van der Waals surface area contributed by atoms with Crippen molar-refractivity contribution in [3.8, 4) is 0 Å². The zero-order valence-electron chi connectivity index (χ0n) is 12.5. The summed E-state index contributed by atoms with van der Waals surface area (Å²) in [6.45, 7) is 1.41. The van der Waals surface area contributed by atoms with Gasteiger partial charge in [-0.1, -0.05) is 23.7 Å². The first-order chi connectivity index (χ1) is 11.4. The number of hydrogen-bond acceptors (Lipinski definition) is 4. The first-order valence-electron chi connectivity index (χ1n) is 6.63. The van der Waals surface area contributed by atoms with Crippen molar-refractivity contribution in [2.75, 3.05) is 4.72 Å². The fourth-order valence-corrected chi connectivity index (χ4v) is 3.58. The van der Waals surface area contributed by atoms with Gasteiger partial charge in [0.15, 0.2) is 0 Å². The summed E-state index contributed by atoms with van der Waals surface area (Å²) in [5.41, 5.74) is -1.73. The van der Waals surface area contributed by atoms with Crippen LogP contribution in [0.2, 0.25) is 5.02 Å². The molecule has 0 aliphatic rings. The molecule has 0 saturated heterocycles. The maximum Gasteiger partial charge on any atom is 0.417 e. The SMILES string of the molecule is Cc1ccc(C(=O)[O-])cc1S(=O)(=O)Nc1ccc(Cl)c(C(F)(F)F)c1. The second kappa shape index (κ2) is 6.57. The smallest absolute Gasteiger partial charge is 0.417 e. The summed E-state index contributed by atoms with van der Waals surface area (Å²) in [5, 5.41) is 10.3. The highest BCUT2D eigenvalue weighted by molar-refractivity contribution is 7.92. The first kappa shape index (κ1) is 19.1. The van der Waals surface area contributed by atoms with Gasteiger partial charge in [0.05, 0.1) is 21.5 Å². The van der Waals surface area contributed by atoms with Crippen LogP contribution in [0.15, 0.2) is 41.3 Å². The highest BCUT2D eigenvalue weighted by Gasteiger charge is 2.33. The lowest BCUT2D eigenvalue weighted by Crippen LogP contribution is -2.23. The van der Waals surface area contributed by atoms with Crippen LogP contribution in [-0.4, -0.2) is 14.4 Å². The molecule has 0 bridgehead atoms. The van der Waals surface area contributed by atoms with Crippen molar-refractivity contribution in [3.63, 3.8) is 0 Å². The van der Waals surface area contributed by atoms with Crippen molar-refractivity contribution in [3.05, 3.63) is 58.1 Å². The van der Waals surface area contributed by atoms with E-state index in [-0.39, 0.29) is 16.8 Å². The molecule has 0 aliphatic carbocycles. The number of carbonyl (C=O) groups excluding carboxylic acids is 1. The van der Waals surface area contributed by atoms with Crippen LogP contribution in [0.1, 0.15) is 21.5 Å². The van der Waals surface area contributed by atoms with Crippen molar-refractivity contribution < 1.29 is 31.5 Å². The average molecular weight is 393 g/mol. The van der Waals surface area contributed by atoms with Gasteiger partial charge in [0.1, 0.15) is 0 Å². The Morgan fingerprint density at radius 2 is 1.80 bits per heavy atom. The van der Waals surface area contributed by atoms with Gasteiger partial charge in [0.2, 0.25) is 0 Å². The number of aryl methyl sites for hydroxylation is 1. The van der Waals surface area contributed by atoms with Crippen molar-refractivity contribution in [1.29, 1.82) is 0 Å². The second-order valence-corrected chi connectivity index (χ2v) is 7.12. The number of carboxylic acids is 1. The Labute approximate surface area is 146 Å². The molecule has 0 spiro atoms. The predicted molar refractivity (Wildman–Crippen MR) is 82.8 cm³/mol. The lowest BCUT2D eigenvalue weighted by atomic mass is 10.1. The van der Waals surface area contributed by atoms with E-state index in [1.54, 1.807) is 0 Å². The Kier molecular flexibility index (Phi) is 5.01. The van der Waals surface area contributed by atoms with Crippen LogP contribution in [0.5, 0.6) is 0 Å².